The topological polar surface area (TPSA) is 41.6 Å². The first-order valence-corrected chi connectivity index (χ1v) is 12.1. The zero-order valence-electron chi connectivity index (χ0n) is 17.3. The molecule has 156 valence electrons. The van der Waals surface area contributed by atoms with Crippen molar-refractivity contribution in [3.05, 3.63) is 29.8 Å². The van der Waals surface area contributed by atoms with Gasteiger partial charge in [-0.15, -0.1) is 0 Å². The fourth-order valence-corrected chi connectivity index (χ4v) is 5.51. The van der Waals surface area contributed by atoms with E-state index in [4.69, 9.17) is 4.74 Å². The number of piperidine rings is 1. The van der Waals surface area contributed by atoms with Gasteiger partial charge in [-0.2, -0.15) is 11.8 Å². The van der Waals surface area contributed by atoms with Crippen LogP contribution in [0, 0.1) is 5.92 Å². The monoisotopic (exact) mass is 404 g/mol. The third-order valence-corrected chi connectivity index (χ3v) is 7.26. The number of nitrogens with zero attached hydrogens (tertiary/aromatic N) is 1. The molecule has 2 fully saturated rings. The standard InChI is InChI=1S/C23H36N2O2S/c1-2-27-21-8-6-7-19(17-21)18-25-14-11-20(12-15-25)23(26)24-13-16-28-22-9-4-3-5-10-22/h6-8,17,20,22H,2-5,9-16,18H2,1H3,(H,24,26). The van der Waals surface area contributed by atoms with Crippen LogP contribution in [0.25, 0.3) is 0 Å². The van der Waals surface area contributed by atoms with Gasteiger partial charge in [0.15, 0.2) is 0 Å². The molecule has 1 aromatic carbocycles. The van der Waals surface area contributed by atoms with Crippen LogP contribution in [0.2, 0.25) is 0 Å². The summed E-state index contributed by atoms with van der Waals surface area (Å²) in [7, 11) is 0. The van der Waals surface area contributed by atoms with Crippen LogP contribution in [0.3, 0.4) is 0 Å². The van der Waals surface area contributed by atoms with E-state index in [1.54, 1.807) is 0 Å². The van der Waals surface area contributed by atoms with Crippen molar-refractivity contribution >= 4 is 17.7 Å². The third-order valence-electron chi connectivity index (χ3n) is 5.88. The molecule has 2 aliphatic rings. The zero-order chi connectivity index (χ0) is 19.6. The van der Waals surface area contributed by atoms with Crippen molar-refractivity contribution in [3.8, 4) is 5.75 Å². The van der Waals surface area contributed by atoms with Crippen LogP contribution in [0.4, 0.5) is 0 Å². The Kier molecular flexibility index (Phi) is 9.00. The highest BCUT2D eigenvalue weighted by molar-refractivity contribution is 7.99. The summed E-state index contributed by atoms with van der Waals surface area (Å²) in [4.78, 5) is 14.9. The molecule has 1 N–H and O–H groups in total. The average Bonchev–Trinajstić information content (AvgIpc) is 2.73. The fourth-order valence-electron chi connectivity index (χ4n) is 4.29. The molecule has 0 bridgehead atoms. The lowest BCUT2D eigenvalue weighted by Gasteiger charge is -2.31. The number of hydrogen-bond acceptors (Lipinski definition) is 4. The van der Waals surface area contributed by atoms with E-state index in [1.165, 1.54) is 37.7 Å². The Bertz CT molecular complexity index is 596. The summed E-state index contributed by atoms with van der Waals surface area (Å²) in [6.45, 7) is 6.46. The van der Waals surface area contributed by atoms with E-state index < -0.39 is 0 Å². The van der Waals surface area contributed by atoms with Gasteiger partial charge in [0.05, 0.1) is 6.61 Å². The van der Waals surface area contributed by atoms with E-state index in [0.717, 1.165) is 55.8 Å². The molecule has 0 atom stereocenters. The minimum Gasteiger partial charge on any atom is -0.494 e. The van der Waals surface area contributed by atoms with E-state index >= 15 is 0 Å². The van der Waals surface area contributed by atoms with Crippen molar-refractivity contribution in [1.29, 1.82) is 0 Å². The van der Waals surface area contributed by atoms with Crippen LogP contribution in [0.15, 0.2) is 24.3 Å². The van der Waals surface area contributed by atoms with E-state index in [1.807, 2.05) is 13.0 Å². The molecule has 1 aliphatic carbocycles. The summed E-state index contributed by atoms with van der Waals surface area (Å²) >= 11 is 2.06. The maximum absolute atomic E-state index is 12.5. The predicted octanol–water partition coefficient (Wildman–Crippen LogP) is 4.48. The van der Waals surface area contributed by atoms with Crippen molar-refractivity contribution < 1.29 is 9.53 Å². The number of nitrogens with one attached hydrogen (secondary N) is 1. The van der Waals surface area contributed by atoms with E-state index in [0.29, 0.717) is 6.61 Å². The number of carbonyl (C=O) groups excluding carboxylic acids is 1. The highest BCUT2D eigenvalue weighted by atomic mass is 32.2. The summed E-state index contributed by atoms with van der Waals surface area (Å²) in [5.41, 5.74) is 1.29. The number of amides is 1. The lowest BCUT2D eigenvalue weighted by molar-refractivity contribution is -0.126. The highest BCUT2D eigenvalue weighted by Gasteiger charge is 2.24. The van der Waals surface area contributed by atoms with Crippen LogP contribution < -0.4 is 10.1 Å². The number of hydrogen-bond donors (Lipinski definition) is 1. The first kappa shape index (κ1) is 21.5. The molecule has 0 radical (unpaired) electrons. The number of rotatable bonds is 9. The molecule has 0 aromatic heterocycles. The minimum absolute atomic E-state index is 0.186. The second-order valence-corrected chi connectivity index (χ2v) is 9.46. The molecule has 1 heterocycles. The summed E-state index contributed by atoms with van der Waals surface area (Å²) in [5.74, 6) is 2.46. The van der Waals surface area contributed by atoms with Crippen molar-refractivity contribution in [1.82, 2.24) is 10.2 Å². The molecule has 1 saturated heterocycles. The van der Waals surface area contributed by atoms with Gasteiger partial charge in [-0.3, -0.25) is 9.69 Å². The molecular formula is C23H36N2O2S. The van der Waals surface area contributed by atoms with Gasteiger partial charge >= 0.3 is 0 Å². The molecule has 3 rings (SSSR count). The van der Waals surface area contributed by atoms with Crippen LogP contribution in [-0.2, 0) is 11.3 Å². The molecule has 0 unspecified atom stereocenters. The fraction of sp³-hybridized carbons (Fsp3) is 0.696. The Hall–Kier alpha value is -1.20. The van der Waals surface area contributed by atoms with E-state index in [9.17, 15) is 4.79 Å². The predicted molar refractivity (Wildman–Crippen MR) is 118 cm³/mol. The van der Waals surface area contributed by atoms with E-state index in [2.05, 4.69) is 40.2 Å². The molecule has 5 heteroatoms. The average molecular weight is 405 g/mol. The molecule has 0 spiro atoms. The molecule has 28 heavy (non-hydrogen) atoms. The molecule has 4 nitrogen and oxygen atoms in total. The normalized spacial score (nSPS) is 19.5. The lowest BCUT2D eigenvalue weighted by Crippen LogP contribution is -2.40. The third kappa shape index (κ3) is 7.00. The SMILES string of the molecule is CCOc1cccc(CN2CCC(C(=O)NCCSC3CCCCC3)CC2)c1. The lowest BCUT2D eigenvalue weighted by atomic mass is 9.95. The van der Waals surface area contributed by atoms with Gasteiger partial charge in [-0.05, 0) is 63.4 Å². The number of thioether (sulfide) groups is 1. The van der Waals surface area contributed by atoms with Gasteiger partial charge in [0.25, 0.3) is 0 Å². The summed E-state index contributed by atoms with van der Waals surface area (Å²) < 4.78 is 5.60. The van der Waals surface area contributed by atoms with Crippen molar-refractivity contribution in [2.45, 2.75) is 63.7 Å². The first-order valence-electron chi connectivity index (χ1n) is 11.1. The van der Waals surface area contributed by atoms with Gasteiger partial charge in [0.2, 0.25) is 5.91 Å². The molecule has 1 aliphatic heterocycles. The minimum atomic E-state index is 0.186. The molecule has 1 amide bonds. The Morgan fingerprint density at radius 3 is 2.71 bits per heavy atom. The number of ether oxygens (including phenoxy) is 1. The van der Waals surface area contributed by atoms with Gasteiger partial charge < -0.3 is 10.1 Å². The summed E-state index contributed by atoms with van der Waals surface area (Å²) in [5, 5.41) is 4.01. The number of likely N-dealkylation sites (tertiary alicyclic amines) is 1. The quantitative estimate of drug-likeness (QED) is 0.616. The molecular weight excluding hydrogens is 368 g/mol. The Morgan fingerprint density at radius 1 is 1.18 bits per heavy atom. The largest absolute Gasteiger partial charge is 0.494 e. The van der Waals surface area contributed by atoms with Crippen molar-refractivity contribution in [2.75, 3.05) is 32.0 Å². The second kappa shape index (κ2) is 11.7. The van der Waals surface area contributed by atoms with Crippen LogP contribution in [0.5, 0.6) is 5.75 Å². The van der Waals surface area contributed by atoms with Crippen molar-refractivity contribution in [3.63, 3.8) is 0 Å². The maximum Gasteiger partial charge on any atom is 0.223 e. The Morgan fingerprint density at radius 2 is 1.96 bits per heavy atom. The van der Waals surface area contributed by atoms with Gasteiger partial charge in [-0.1, -0.05) is 31.4 Å². The van der Waals surface area contributed by atoms with Crippen LogP contribution in [-0.4, -0.2) is 48.1 Å². The number of carbonyl (C=O) groups is 1. The molecule has 1 aromatic rings. The summed E-state index contributed by atoms with van der Waals surface area (Å²) in [6, 6.07) is 8.36. The Labute approximate surface area is 174 Å². The zero-order valence-corrected chi connectivity index (χ0v) is 18.1. The Balaban J connectivity index is 1.31. The van der Waals surface area contributed by atoms with Gasteiger partial charge in [0.1, 0.15) is 5.75 Å². The first-order chi connectivity index (χ1) is 13.7. The van der Waals surface area contributed by atoms with Crippen LogP contribution >= 0.6 is 11.8 Å². The van der Waals surface area contributed by atoms with E-state index in [-0.39, 0.29) is 11.8 Å². The maximum atomic E-state index is 12.5. The van der Waals surface area contributed by atoms with Crippen molar-refractivity contribution in [2.24, 2.45) is 5.92 Å². The van der Waals surface area contributed by atoms with Crippen LogP contribution in [0.1, 0.15) is 57.4 Å². The smallest absolute Gasteiger partial charge is 0.223 e. The number of benzene rings is 1. The van der Waals surface area contributed by atoms with Gasteiger partial charge in [-0.25, -0.2) is 0 Å². The second-order valence-electron chi connectivity index (χ2n) is 8.05. The molecule has 1 saturated carbocycles. The van der Waals surface area contributed by atoms with Gasteiger partial charge in [0, 0.05) is 30.0 Å². The summed E-state index contributed by atoms with van der Waals surface area (Å²) in [6.07, 6.45) is 8.84. The highest BCUT2D eigenvalue weighted by Crippen LogP contribution is 2.28.